The van der Waals surface area contributed by atoms with Gasteiger partial charge in [-0.3, -0.25) is 4.90 Å². The molecule has 2 fully saturated rings. The predicted octanol–water partition coefficient (Wildman–Crippen LogP) is 0.354. The molecular formula is C14H30N4. The number of likely N-dealkylation sites (tertiary alicyclic amines) is 1. The fourth-order valence-electron chi connectivity index (χ4n) is 3.13. The van der Waals surface area contributed by atoms with Crippen LogP contribution in [0, 0.1) is 0 Å². The molecule has 18 heavy (non-hydrogen) atoms. The number of hydrogen-bond donors (Lipinski definition) is 2. The van der Waals surface area contributed by atoms with Crippen LogP contribution in [-0.2, 0) is 0 Å². The minimum atomic E-state index is 0.721. The van der Waals surface area contributed by atoms with Gasteiger partial charge in [0.15, 0.2) is 0 Å². The quantitative estimate of drug-likeness (QED) is 0.741. The normalized spacial score (nSPS) is 29.3. The van der Waals surface area contributed by atoms with Crippen molar-refractivity contribution in [2.24, 2.45) is 0 Å². The Morgan fingerprint density at radius 2 is 2.06 bits per heavy atom. The van der Waals surface area contributed by atoms with Crippen LogP contribution in [0.2, 0.25) is 0 Å². The lowest BCUT2D eigenvalue weighted by Crippen LogP contribution is -2.49. The van der Waals surface area contributed by atoms with Crippen LogP contribution < -0.4 is 10.6 Å². The van der Waals surface area contributed by atoms with Gasteiger partial charge in [0.05, 0.1) is 0 Å². The molecule has 2 atom stereocenters. The third-order valence-electron chi connectivity index (χ3n) is 4.39. The van der Waals surface area contributed by atoms with Crippen molar-refractivity contribution < 1.29 is 0 Å². The van der Waals surface area contributed by atoms with Gasteiger partial charge in [0.2, 0.25) is 0 Å². The number of piperazine rings is 1. The number of nitrogens with zero attached hydrogens (tertiary/aromatic N) is 2. The Labute approximate surface area is 112 Å². The number of rotatable bonds is 5. The molecule has 2 heterocycles. The van der Waals surface area contributed by atoms with E-state index >= 15 is 0 Å². The van der Waals surface area contributed by atoms with Crippen LogP contribution in [0.4, 0.5) is 0 Å². The second-order valence-electron chi connectivity index (χ2n) is 5.98. The van der Waals surface area contributed by atoms with Gasteiger partial charge in [0.1, 0.15) is 0 Å². The van der Waals surface area contributed by atoms with E-state index in [1.807, 2.05) is 0 Å². The van der Waals surface area contributed by atoms with Gasteiger partial charge in [-0.2, -0.15) is 0 Å². The van der Waals surface area contributed by atoms with Crippen LogP contribution in [0.1, 0.15) is 26.2 Å². The van der Waals surface area contributed by atoms with Crippen molar-refractivity contribution in [3.63, 3.8) is 0 Å². The Balaban J connectivity index is 1.59. The molecule has 2 rings (SSSR count). The van der Waals surface area contributed by atoms with Crippen molar-refractivity contribution in [2.75, 3.05) is 52.9 Å². The second kappa shape index (κ2) is 7.43. The maximum absolute atomic E-state index is 3.74. The molecule has 0 saturated carbocycles. The molecule has 0 amide bonds. The topological polar surface area (TPSA) is 30.5 Å². The van der Waals surface area contributed by atoms with Gasteiger partial charge in [-0.15, -0.1) is 0 Å². The maximum Gasteiger partial charge on any atom is 0.0195 e. The molecule has 0 aromatic carbocycles. The van der Waals surface area contributed by atoms with E-state index in [1.165, 1.54) is 52.0 Å². The molecule has 4 heteroatoms. The van der Waals surface area contributed by atoms with Crippen molar-refractivity contribution >= 4 is 0 Å². The summed E-state index contributed by atoms with van der Waals surface area (Å²) in [6, 6.07) is 1.44. The van der Waals surface area contributed by atoms with Crippen LogP contribution in [0.5, 0.6) is 0 Å². The molecule has 2 aliphatic heterocycles. The predicted molar refractivity (Wildman–Crippen MR) is 77.0 cm³/mol. The van der Waals surface area contributed by atoms with E-state index in [0.717, 1.165) is 25.2 Å². The Morgan fingerprint density at radius 3 is 2.78 bits per heavy atom. The molecule has 2 saturated heterocycles. The second-order valence-corrected chi connectivity index (χ2v) is 5.98. The summed E-state index contributed by atoms with van der Waals surface area (Å²) >= 11 is 0. The van der Waals surface area contributed by atoms with E-state index in [9.17, 15) is 0 Å². The zero-order valence-corrected chi connectivity index (χ0v) is 12.1. The number of hydrogen-bond acceptors (Lipinski definition) is 4. The van der Waals surface area contributed by atoms with Crippen molar-refractivity contribution in [3.05, 3.63) is 0 Å². The van der Waals surface area contributed by atoms with Crippen LogP contribution in [0.15, 0.2) is 0 Å². The highest BCUT2D eigenvalue weighted by molar-refractivity contribution is 4.78. The van der Waals surface area contributed by atoms with Crippen LogP contribution in [0.25, 0.3) is 0 Å². The summed E-state index contributed by atoms with van der Waals surface area (Å²) in [5.74, 6) is 0. The van der Waals surface area contributed by atoms with Gasteiger partial charge in [-0.1, -0.05) is 0 Å². The molecular weight excluding hydrogens is 224 g/mol. The molecule has 0 aromatic heterocycles. The third-order valence-corrected chi connectivity index (χ3v) is 4.39. The van der Waals surface area contributed by atoms with E-state index in [1.54, 1.807) is 0 Å². The van der Waals surface area contributed by atoms with E-state index in [2.05, 4.69) is 34.4 Å². The largest absolute Gasteiger partial charge is 0.314 e. The molecule has 2 aliphatic rings. The van der Waals surface area contributed by atoms with Gasteiger partial charge in [-0.25, -0.2) is 0 Å². The highest BCUT2D eigenvalue weighted by Crippen LogP contribution is 2.09. The molecule has 4 nitrogen and oxygen atoms in total. The summed E-state index contributed by atoms with van der Waals surface area (Å²) in [6.45, 7) is 10.8. The Hall–Kier alpha value is -0.160. The molecule has 0 aliphatic carbocycles. The van der Waals surface area contributed by atoms with Gasteiger partial charge in [0, 0.05) is 44.8 Å². The molecule has 0 radical (unpaired) electrons. The smallest absolute Gasteiger partial charge is 0.0195 e. The van der Waals surface area contributed by atoms with Crippen LogP contribution >= 0.6 is 0 Å². The fourth-order valence-corrected chi connectivity index (χ4v) is 3.13. The molecule has 0 bridgehead atoms. The first kappa shape index (κ1) is 14.3. The van der Waals surface area contributed by atoms with Crippen molar-refractivity contribution in [3.8, 4) is 0 Å². The minimum Gasteiger partial charge on any atom is -0.314 e. The Bertz CT molecular complexity index is 228. The van der Waals surface area contributed by atoms with E-state index < -0.39 is 0 Å². The number of likely N-dealkylation sites (N-methyl/N-ethyl adjacent to an activating group) is 1. The van der Waals surface area contributed by atoms with Crippen molar-refractivity contribution in [1.82, 2.24) is 20.4 Å². The number of nitrogens with one attached hydrogen (secondary N) is 2. The summed E-state index contributed by atoms with van der Waals surface area (Å²) in [4.78, 5) is 5.06. The first-order valence-corrected chi connectivity index (χ1v) is 7.62. The average molecular weight is 254 g/mol. The highest BCUT2D eigenvalue weighted by atomic mass is 15.2. The van der Waals surface area contributed by atoms with Crippen molar-refractivity contribution in [1.29, 1.82) is 0 Å². The molecule has 2 N–H and O–H groups in total. The van der Waals surface area contributed by atoms with Crippen LogP contribution in [-0.4, -0.2) is 74.7 Å². The zero-order valence-electron chi connectivity index (χ0n) is 12.1. The van der Waals surface area contributed by atoms with E-state index in [-0.39, 0.29) is 0 Å². The maximum atomic E-state index is 3.74. The summed E-state index contributed by atoms with van der Waals surface area (Å²) in [7, 11) is 2.23. The van der Waals surface area contributed by atoms with E-state index in [0.29, 0.717) is 0 Å². The Morgan fingerprint density at radius 1 is 1.28 bits per heavy atom. The molecule has 0 aromatic rings. The SMILES string of the molecule is CC(CCNC1CCCN(C)C1)N1CCNCC1. The monoisotopic (exact) mass is 254 g/mol. The summed E-state index contributed by atoms with van der Waals surface area (Å²) in [5.41, 5.74) is 0. The van der Waals surface area contributed by atoms with Gasteiger partial charge in [0.25, 0.3) is 0 Å². The molecule has 2 unspecified atom stereocenters. The number of piperidine rings is 1. The van der Waals surface area contributed by atoms with Gasteiger partial charge < -0.3 is 15.5 Å². The first-order chi connectivity index (χ1) is 8.75. The molecule has 106 valence electrons. The lowest BCUT2D eigenvalue weighted by molar-refractivity contribution is 0.171. The minimum absolute atomic E-state index is 0.721. The lowest BCUT2D eigenvalue weighted by Gasteiger charge is -2.34. The van der Waals surface area contributed by atoms with E-state index in [4.69, 9.17) is 0 Å². The van der Waals surface area contributed by atoms with Crippen molar-refractivity contribution in [2.45, 2.75) is 38.3 Å². The standard InChI is InChI=1S/C14H30N4/c1-13(18-10-7-15-8-11-18)5-6-16-14-4-3-9-17(2)12-14/h13-16H,3-12H2,1-2H3. The zero-order chi connectivity index (χ0) is 12.8. The van der Waals surface area contributed by atoms with Gasteiger partial charge in [-0.05, 0) is 46.3 Å². The lowest BCUT2D eigenvalue weighted by atomic mass is 10.1. The average Bonchev–Trinajstić information content (AvgIpc) is 2.40. The first-order valence-electron chi connectivity index (χ1n) is 7.62. The Kier molecular flexibility index (Phi) is 5.89. The van der Waals surface area contributed by atoms with Crippen LogP contribution in [0.3, 0.4) is 0 Å². The fraction of sp³-hybridized carbons (Fsp3) is 1.00. The molecule has 0 spiro atoms. The summed E-state index contributed by atoms with van der Waals surface area (Å²) < 4.78 is 0. The summed E-state index contributed by atoms with van der Waals surface area (Å²) in [6.07, 6.45) is 3.98. The van der Waals surface area contributed by atoms with Gasteiger partial charge >= 0.3 is 0 Å². The summed E-state index contributed by atoms with van der Waals surface area (Å²) in [5, 5.41) is 7.16. The third kappa shape index (κ3) is 4.50. The highest BCUT2D eigenvalue weighted by Gasteiger charge is 2.18.